The average Bonchev–Trinajstić information content (AvgIpc) is 2.64. The highest BCUT2D eigenvalue weighted by molar-refractivity contribution is 6.08. The van der Waals surface area contributed by atoms with Gasteiger partial charge in [-0.2, -0.15) is 13.2 Å². The molecule has 0 spiro atoms. The zero-order valence-electron chi connectivity index (χ0n) is 14.2. The van der Waals surface area contributed by atoms with E-state index in [9.17, 15) is 18.0 Å². The number of carbonyl (C=O) groups is 1. The lowest BCUT2D eigenvalue weighted by Gasteiger charge is -2.21. The van der Waals surface area contributed by atoms with Gasteiger partial charge >= 0.3 is 6.18 Å². The van der Waals surface area contributed by atoms with Gasteiger partial charge in [0.2, 0.25) is 0 Å². The van der Waals surface area contributed by atoms with Crippen LogP contribution in [-0.2, 0) is 14.2 Å². The molecule has 26 heavy (non-hydrogen) atoms. The molecule has 0 fully saturated rings. The fourth-order valence-electron chi connectivity index (χ4n) is 2.26. The van der Waals surface area contributed by atoms with Crippen molar-refractivity contribution in [1.29, 1.82) is 0 Å². The predicted octanol–water partition coefficient (Wildman–Crippen LogP) is 4.16. The van der Waals surface area contributed by atoms with Crippen LogP contribution in [-0.4, -0.2) is 39.1 Å². The molecule has 2 aromatic rings. The molecule has 2 aromatic carbocycles. The van der Waals surface area contributed by atoms with Crippen LogP contribution in [0.25, 0.3) is 0 Å². The minimum absolute atomic E-state index is 0.0996. The number of ketones is 1. The summed E-state index contributed by atoms with van der Waals surface area (Å²) in [5, 5.41) is 0. The van der Waals surface area contributed by atoms with Gasteiger partial charge in [0.1, 0.15) is 6.79 Å². The van der Waals surface area contributed by atoms with Crippen molar-refractivity contribution in [2.24, 2.45) is 0 Å². The van der Waals surface area contributed by atoms with Gasteiger partial charge in [-0.25, -0.2) is 0 Å². The Kier molecular flexibility index (Phi) is 7.32. The average molecular weight is 368 g/mol. The van der Waals surface area contributed by atoms with E-state index in [2.05, 4.69) is 0 Å². The van der Waals surface area contributed by atoms with E-state index in [0.717, 1.165) is 0 Å². The number of benzene rings is 2. The van der Waals surface area contributed by atoms with Crippen LogP contribution >= 0.6 is 0 Å². The van der Waals surface area contributed by atoms with Crippen LogP contribution < -0.4 is 0 Å². The van der Waals surface area contributed by atoms with Gasteiger partial charge in [0.25, 0.3) is 0 Å². The summed E-state index contributed by atoms with van der Waals surface area (Å²) < 4.78 is 54.2. The molecule has 1 atom stereocenters. The minimum atomic E-state index is -4.60. The molecule has 0 aliphatic rings. The molecule has 140 valence electrons. The fourth-order valence-corrected chi connectivity index (χ4v) is 2.26. The summed E-state index contributed by atoms with van der Waals surface area (Å²) in [6.07, 6.45) is -6.74. The zero-order chi connectivity index (χ0) is 19.0. The van der Waals surface area contributed by atoms with Crippen LogP contribution in [0.3, 0.4) is 0 Å². The molecule has 0 saturated carbocycles. The third kappa shape index (κ3) is 5.66. The van der Waals surface area contributed by atoms with E-state index in [-0.39, 0.29) is 24.6 Å². The highest BCUT2D eigenvalue weighted by atomic mass is 19.4. The summed E-state index contributed by atoms with van der Waals surface area (Å²) in [7, 11) is 1.46. The molecule has 0 saturated heterocycles. The number of hydrogen-bond donors (Lipinski definition) is 0. The van der Waals surface area contributed by atoms with Crippen molar-refractivity contribution in [2.45, 2.75) is 12.3 Å². The lowest BCUT2D eigenvalue weighted by molar-refractivity contribution is -0.247. The van der Waals surface area contributed by atoms with Crippen molar-refractivity contribution in [3.8, 4) is 0 Å². The SMILES string of the molecule is COCCOCOC(c1ccc(C(=O)c2ccccc2)cc1)C(F)(F)F. The first-order valence-corrected chi connectivity index (χ1v) is 7.88. The van der Waals surface area contributed by atoms with E-state index in [1.54, 1.807) is 30.3 Å². The maximum atomic E-state index is 13.2. The Labute approximate surface area is 149 Å². The van der Waals surface area contributed by atoms with Gasteiger partial charge in [-0.3, -0.25) is 4.79 Å². The number of halogens is 3. The molecule has 0 aromatic heterocycles. The topological polar surface area (TPSA) is 44.8 Å². The molecule has 1 unspecified atom stereocenters. The number of methoxy groups -OCH3 is 1. The maximum Gasteiger partial charge on any atom is 0.418 e. The molecule has 0 N–H and O–H groups in total. The van der Waals surface area contributed by atoms with E-state index >= 15 is 0 Å². The van der Waals surface area contributed by atoms with Crippen LogP contribution in [0.4, 0.5) is 13.2 Å². The van der Waals surface area contributed by atoms with Crippen LogP contribution in [0.5, 0.6) is 0 Å². The third-order valence-electron chi connectivity index (χ3n) is 3.56. The smallest absolute Gasteiger partial charge is 0.382 e. The molecule has 0 amide bonds. The van der Waals surface area contributed by atoms with Gasteiger partial charge in [0, 0.05) is 18.2 Å². The lowest BCUT2D eigenvalue weighted by Crippen LogP contribution is -2.25. The second-order valence-electron chi connectivity index (χ2n) is 5.42. The Hall–Kier alpha value is -2.22. The first-order valence-electron chi connectivity index (χ1n) is 7.88. The highest BCUT2D eigenvalue weighted by Gasteiger charge is 2.42. The van der Waals surface area contributed by atoms with Crippen molar-refractivity contribution in [2.75, 3.05) is 27.1 Å². The number of hydrogen-bond acceptors (Lipinski definition) is 4. The zero-order valence-corrected chi connectivity index (χ0v) is 14.2. The van der Waals surface area contributed by atoms with E-state index < -0.39 is 19.1 Å². The number of ether oxygens (including phenoxy) is 3. The summed E-state index contributed by atoms with van der Waals surface area (Å²) >= 11 is 0. The van der Waals surface area contributed by atoms with E-state index in [1.807, 2.05) is 0 Å². The summed E-state index contributed by atoms with van der Waals surface area (Å²) in [5.74, 6) is -0.260. The Balaban J connectivity index is 2.08. The third-order valence-corrected chi connectivity index (χ3v) is 3.56. The molecule has 0 heterocycles. The summed E-state index contributed by atoms with van der Waals surface area (Å²) in [6.45, 7) is -0.125. The standard InChI is InChI=1S/C19H19F3O4/c1-24-11-12-25-13-26-18(19(20,21)22)16-9-7-15(8-10-16)17(23)14-5-3-2-4-6-14/h2-10,18H,11-13H2,1H3. The number of carbonyl (C=O) groups excluding carboxylic acids is 1. The molecule has 4 nitrogen and oxygen atoms in total. The molecular weight excluding hydrogens is 349 g/mol. The van der Waals surface area contributed by atoms with Gasteiger partial charge in [-0.15, -0.1) is 0 Å². The van der Waals surface area contributed by atoms with Gasteiger partial charge in [-0.05, 0) is 5.56 Å². The number of rotatable bonds is 9. The van der Waals surface area contributed by atoms with Gasteiger partial charge < -0.3 is 14.2 Å². The summed E-state index contributed by atoms with van der Waals surface area (Å²) in [6, 6.07) is 13.7. The Morgan fingerprint density at radius 1 is 0.962 bits per heavy atom. The molecule has 7 heteroatoms. The minimum Gasteiger partial charge on any atom is -0.382 e. The largest absolute Gasteiger partial charge is 0.418 e. The normalized spacial score (nSPS) is 12.8. The molecule has 0 bridgehead atoms. The second-order valence-corrected chi connectivity index (χ2v) is 5.42. The van der Waals surface area contributed by atoms with Gasteiger partial charge in [0.15, 0.2) is 11.9 Å². The molecule has 0 aliphatic heterocycles. The maximum absolute atomic E-state index is 13.2. The van der Waals surface area contributed by atoms with Crippen LogP contribution in [0.1, 0.15) is 27.6 Å². The van der Waals surface area contributed by atoms with Crippen molar-refractivity contribution in [1.82, 2.24) is 0 Å². The first kappa shape index (κ1) is 20.1. The van der Waals surface area contributed by atoms with E-state index in [4.69, 9.17) is 14.2 Å². The monoisotopic (exact) mass is 368 g/mol. The van der Waals surface area contributed by atoms with Crippen molar-refractivity contribution >= 4 is 5.78 Å². The molecule has 2 rings (SSSR count). The van der Waals surface area contributed by atoms with Crippen molar-refractivity contribution in [3.05, 3.63) is 71.3 Å². The second kappa shape index (κ2) is 9.47. The predicted molar refractivity (Wildman–Crippen MR) is 88.9 cm³/mol. The summed E-state index contributed by atoms with van der Waals surface area (Å²) in [5.41, 5.74) is 0.671. The molecule has 0 radical (unpaired) electrons. The lowest BCUT2D eigenvalue weighted by atomic mass is 10.0. The first-order chi connectivity index (χ1) is 12.4. The van der Waals surface area contributed by atoms with E-state index in [0.29, 0.717) is 11.1 Å². The van der Waals surface area contributed by atoms with Crippen LogP contribution in [0.2, 0.25) is 0 Å². The van der Waals surface area contributed by atoms with Gasteiger partial charge in [-0.1, -0.05) is 54.6 Å². The van der Waals surface area contributed by atoms with Crippen LogP contribution in [0, 0.1) is 0 Å². The summed E-state index contributed by atoms with van der Waals surface area (Å²) in [4.78, 5) is 12.3. The van der Waals surface area contributed by atoms with Crippen molar-refractivity contribution < 1.29 is 32.2 Å². The molecular formula is C19H19F3O4. The van der Waals surface area contributed by atoms with Crippen molar-refractivity contribution in [3.63, 3.8) is 0 Å². The molecule has 0 aliphatic carbocycles. The quantitative estimate of drug-likeness (QED) is 0.379. The Morgan fingerprint density at radius 3 is 2.15 bits per heavy atom. The van der Waals surface area contributed by atoms with E-state index in [1.165, 1.54) is 31.4 Å². The Morgan fingerprint density at radius 2 is 1.58 bits per heavy atom. The highest BCUT2D eigenvalue weighted by Crippen LogP contribution is 2.36. The number of alkyl halides is 3. The van der Waals surface area contributed by atoms with Crippen LogP contribution in [0.15, 0.2) is 54.6 Å². The fraction of sp³-hybridized carbons (Fsp3) is 0.316. The Bertz CT molecular complexity index is 684. The van der Waals surface area contributed by atoms with Gasteiger partial charge in [0.05, 0.1) is 13.2 Å².